The van der Waals surface area contributed by atoms with Gasteiger partial charge in [0.25, 0.3) is 0 Å². The second-order valence-corrected chi connectivity index (χ2v) is 5.03. The van der Waals surface area contributed by atoms with E-state index in [1.807, 2.05) is 36.4 Å². The smallest absolute Gasteiger partial charge is 0.411 e. The monoisotopic (exact) mass is 295 g/mol. The molecule has 3 aromatic rings. The molecule has 2 N–H and O–H groups in total. The highest BCUT2D eigenvalue weighted by Crippen LogP contribution is 2.22. The summed E-state index contributed by atoms with van der Waals surface area (Å²) < 4.78 is 4.84. The van der Waals surface area contributed by atoms with Crippen LogP contribution in [0.3, 0.4) is 0 Å². The van der Waals surface area contributed by atoms with Crippen LogP contribution in [-0.2, 0) is 4.74 Å². The molecule has 0 aliphatic carbocycles. The van der Waals surface area contributed by atoms with E-state index in [2.05, 4.69) is 28.3 Å². The standard InChI is InChI=1S/C17H17N3O2/c1-3-22-17(21)18-13-7-5-12(6-8-13)16-19-14-9-4-11(2)10-15(14)20-16/h4-10H,3H2,1-2H3,(H,18,21)(H,19,20). The lowest BCUT2D eigenvalue weighted by Crippen LogP contribution is -2.13. The van der Waals surface area contributed by atoms with Crippen molar-refractivity contribution >= 4 is 22.8 Å². The van der Waals surface area contributed by atoms with Gasteiger partial charge in [0, 0.05) is 11.3 Å². The number of carbonyl (C=O) groups is 1. The Morgan fingerprint density at radius 1 is 1.23 bits per heavy atom. The van der Waals surface area contributed by atoms with Gasteiger partial charge in [0.2, 0.25) is 0 Å². The number of hydrogen-bond donors (Lipinski definition) is 2. The number of hydrogen-bond acceptors (Lipinski definition) is 3. The van der Waals surface area contributed by atoms with Crippen molar-refractivity contribution in [2.24, 2.45) is 0 Å². The van der Waals surface area contributed by atoms with Gasteiger partial charge in [-0.3, -0.25) is 5.32 Å². The van der Waals surface area contributed by atoms with Crippen molar-refractivity contribution in [3.05, 3.63) is 48.0 Å². The van der Waals surface area contributed by atoms with E-state index in [-0.39, 0.29) is 0 Å². The quantitative estimate of drug-likeness (QED) is 0.764. The molecule has 3 rings (SSSR count). The Balaban J connectivity index is 1.83. The number of aromatic amines is 1. The lowest BCUT2D eigenvalue weighted by atomic mass is 10.2. The third kappa shape index (κ3) is 2.93. The number of benzene rings is 2. The summed E-state index contributed by atoms with van der Waals surface area (Å²) in [5, 5.41) is 2.66. The normalized spacial score (nSPS) is 10.6. The van der Waals surface area contributed by atoms with Gasteiger partial charge >= 0.3 is 6.09 Å². The van der Waals surface area contributed by atoms with Gasteiger partial charge in [-0.05, 0) is 55.8 Å². The summed E-state index contributed by atoms with van der Waals surface area (Å²) in [4.78, 5) is 19.3. The van der Waals surface area contributed by atoms with Crippen molar-refractivity contribution in [2.45, 2.75) is 13.8 Å². The first-order valence-electron chi connectivity index (χ1n) is 7.16. The summed E-state index contributed by atoms with van der Waals surface area (Å²) in [6.45, 7) is 4.17. The first-order valence-corrected chi connectivity index (χ1v) is 7.16. The molecule has 0 bridgehead atoms. The largest absolute Gasteiger partial charge is 0.450 e. The van der Waals surface area contributed by atoms with Crippen LogP contribution < -0.4 is 5.32 Å². The molecule has 1 heterocycles. The molecule has 5 nitrogen and oxygen atoms in total. The topological polar surface area (TPSA) is 67.0 Å². The molecule has 2 aromatic carbocycles. The third-order valence-corrected chi connectivity index (χ3v) is 3.32. The molecule has 0 aliphatic rings. The Morgan fingerprint density at radius 2 is 2.00 bits per heavy atom. The lowest BCUT2D eigenvalue weighted by molar-refractivity contribution is 0.168. The fourth-order valence-corrected chi connectivity index (χ4v) is 2.26. The summed E-state index contributed by atoms with van der Waals surface area (Å²) in [6.07, 6.45) is -0.450. The molecule has 0 saturated heterocycles. The van der Waals surface area contributed by atoms with E-state index >= 15 is 0 Å². The van der Waals surface area contributed by atoms with Crippen LogP contribution in [0.4, 0.5) is 10.5 Å². The molecule has 0 aliphatic heterocycles. The molecule has 22 heavy (non-hydrogen) atoms. The van der Waals surface area contributed by atoms with E-state index in [4.69, 9.17) is 4.74 Å². The summed E-state index contributed by atoms with van der Waals surface area (Å²) in [5.41, 5.74) is 4.80. The van der Waals surface area contributed by atoms with Crippen LogP contribution in [0.15, 0.2) is 42.5 Å². The van der Waals surface area contributed by atoms with E-state index in [9.17, 15) is 4.79 Å². The fourth-order valence-electron chi connectivity index (χ4n) is 2.26. The average Bonchev–Trinajstić information content (AvgIpc) is 2.91. The number of nitrogens with zero attached hydrogens (tertiary/aromatic N) is 1. The van der Waals surface area contributed by atoms with Crippen molar-refractivity contribution < 1.29 is 9.53 Å². The molecule has 0 spiro atoms. The zero-order valence-electron chi connectivity index (χ0n) is 12.5. The molecule has 0 saturated carbocycles. The Morgan fingerprint density at radius 3 is 2.73 bits per heavy atom. The van der Waals surface area contributed by atoms with Gasteiger partial charge in [-0.15, -0.1) is 0 Å². The lowest BCUT2D eigenvalue weighted by Gasteiger charge is -2.05. The molecule has 1 amide bonds. The number of carbonyl (C=O) groups excluding carboxylic acids is 1. The third-order valence-electron chi connectivity index (χ3n) is 3.32. The molecular formula is C17H17N3O2. The zero-order valence-corrected chi connectivity index (χ0v) is 12.5. The number of H-pyrrole nitrogens is 1. The summed E-state index contributed by atoms with van der Waals surface area (Å²) in [6, 6.07) is 13.6. The molecule has 5 heteroatoms. The number of rotatable bonds is 3. The van der Waals surface area contributed by atoms with Gasteiger partial charge in [0.05, 0.1) is 17.6 Å². The van der Waals surface area contributed by atoms with E-state index in [0.717, 1.165) is 22.4 Å². The highest BCUT2D eigenvalue weighted by Gasteiger charge is 2.06. The molecule has 0 fully saturated rings. The minimum Gasteiger partial charge on any atom is -0.450 e. The minimum absolute atomic E-state index is 0.350. The number of imidazole rings is 1. The summed E-state index contributed by atoms with van der Waals surface area (Å²) in [5.74, 6) is 0.809. The zero-order chi connectivity index (χ0) is 15.5. The van der Waals surface area contributed by atoms with Gasteiger partial charge < -0.3 is 9.72 Å². The van der Waals surface area contributed by atoms with Crippen LogP contribution in [0.5, 0.6) is 0 Å². The summed E-state index contributed by atoms with van der Waals surface area (Å²) in [7, 11) is 0. The fraction of sp³-hybridized carbons (Fsp3) is 0.176. The van der Waals surface area contributed by atoms with E-state index in [1.54, 1.807) is 6.92 Å². The predicted molar refractivity (Wildman–Crippen MR) is 86.9 cm³/mol. The second kappa shape index (κ2) is 5.89. The van der Waals surface area contributed by atoms with Crippen molar-refractivity contribution in [2.75, 3.05) is 11.9 Å². The maximum absolute atomic E-state index is 11.4. The number of amides is 1. The summed E-state index contributed by atoms with van der Waals surface area (Å²) >= 11 is 0. The van der Waals surface area contributed by atoms with Gasteiger partial charge in [-0.1, -0.05) is 6.07 Å². The Hall–Kier alpha value is -2.82. The van der Waals surface area contributed by atoms with Crippen LogP contribution >= 0.6 is 0 Å². The van der Waals surface area contributed by atoms with Crippen molar-refractivity contribution in [1.82, 2.24) is 9.97 Å². The van der Waals surface area contributed by atoms with Gasteiger partial charge in [-0.2, -0.15) is 0 Å². The van der Waals surface area contributed by atoms with E-state index < -0.39 is 6.09 Å². The van der Waals surface area contributed by atoms with Crippen LogP contribution in [0.2, 0.25) is 0 Å². The van der Waals surface area contributed by atoms with Crippen molar-refractivity contribution in [3.8, 4) is 11.4 Å². The van der Waals surface area contributed by atoms with E-state index in [0.29, 0.717) is 12.3 Å². The predicted octanol–water partition coefficient (Wildman–Crippen LogP) is 4.11. The highest BCUT2D eigenvalue weighted by atomic mass is 16.5. The van der Waals surface area contributed by atoms with Crippen molar-refractivity contribution in [1.29, 1.82) is 0 Å². The minimum atomic E-state index is -0.450. The first kappa shape index (κ1) is 14.1. The molecular weight excluding hydrogens is 278 g/mol. The number of nitrogens with one attached hydrogen (secondary N) is 2. The van der Waals surface area contributed by atoms with Crippen LogP contribution in [0.25, 0.3) is 22.4 Å². The molecule has 1 aromatic heterocycles. The number of anilines is 1. The average molecular weight is 295 g/mol. The number of aromatic nitrogens is 2. The van der Waals surface area contributed by atoms with Crippen LogP contribution in [-0.4, -0.2) is 22.7 Å². The van der Waals surface area contributed by atoms with Gasteiger partial charge in [0.1, 0.15) is 5.82 Å². The number of fused-ring (bicyclic) bond motifs is 1. The Kier molecular flexibility index (Phi) is 3.78. The maximum atomic E-state index is 11.4. The number of ether oxygens (including phenoxy) is 1. The Labute approximate surface area is 128 Å². The van der Waals surface area contributed by atoms with Gasteiger partial charge in [-0.25, -0.2) is 9.78 Å². The SMILES string of the molecule is CCOC(=O)Nc1ccc(-c2nc3ccc(C)cc3[nH]2)cc1. The number of aryl methyl sites for hydroxylation is 1. The van der Waals surface area contributed by atoms with E-state index in [1.165, 1.54) is 5.56 Å². The molecule has 112 valence electrons. The first-order chi connectivity index (χ1) is 10.7. The van der Waals surface area contributed by atoms with Crippen LogP contribution in [0, 0.1) is 6.92 Å². The molecule has 0 unspecified atom stereocenters. The maximum Gasteiger partial charge on any atom is 0.411 e. The van der Waals surface area contributed by atoms with Crippen molar-refractivity contribution in [3.63, 3.8) is 0 Å². The molecule has 0 atom stereocenters. The Bertz CT molecular complexity index is 806. The molecule has 0 radical (unpaired) electrons. The highest BCUT2D eigenvalue weighted by molar-refractivity contribution is 5.85. The second-order valence-electron chi connectivity index (χ2n) is 5.03. The van der Waals surface area contributed by atoms with Crippen LogP contribution in [0.1, 0.15) is 12.5 Å². The van der Waals surface area contributed by atoms with Gasteiger partial charge in [0.15, 0.2) is 0 Å².